The summed E-state index contributed by atoms with van der Waals surface area (Å²) >= 11 is 0. The van der Waals surface area contributed by atoms with Gasteiger partial charge in [0.25, 0.3) is 0 Å². The SMILES string of the molecule is CC1CC(CNCCO)C1. The fourth-order valence-electron chi connectivity index (χ4n) is 1.62. The monoisotopic (exact) mass is 143 g/mol. The Labute approximate surface area is 62.6 Å². The van der Waals surface area contributed by atoms with E-state index < -0.39 is 0 Å². The molecular weight excluding hydrogens is 126 g/mol. The van der Waals surface area contributed by atoms with Crippen LogP contribution in [-0.4, -0.2) is 24.8 Å². The van der Waals surface area contributed by atoms with Crippen LogP contribution < -0.4 is 5.32 Å². The molecule has 0 saturated heterocycles. The van der Waals surface area contributed by atoms with Crippen LogP contribution in [0.2, 0.25) is 0 Å². The molecule has 0 aromatic carbocycles. The summed E-state index contributed by atoms with van der Waals surface area (Å²) in [7, 11) is 0. The summed E-state index contributed by atoms with van der Waals surface area (Å²) in [4.78, 5) is 0. The standard InChI is InChI=1S/C8H17NO/c1-7-4-8(5-7)6-9-2-3-10/h7-10H,2-6H2,1H3. The molecule has 0 aromatic rings. The number of nitrogens with one attached hydrogen (secondary N) is 1. The van der Waals surface area contributed by atoms with Crippen LogP contribution in [0.4, 0.5) is 0 Å². The molecule has 2 heteroatoms. The lowest BCUT2D eigenvalue weighted by Crippen LogP contribution is -2.33. The van der Waals surface area contributed by atoms with Crippen molar-refractivity contribution in [3.63, 3.8) is 0 Å². The van der Waals surface area contributed by atoms with Crippen LogP contribution >= 0.6 is 0 Å². The van der Waals surface area contributed by atoms with E-state index >= 15 is 0 Å². The first-order valence-electron chi connectivity index (χ1n) is 4.14. The molecule has 0 amide bonds. The summed E-state index contributed by atoms with van der Waals surface area (Å²) in [5, 5.41) is 11.7. The summed E-state index contributed by atoms with van der Waals surface area (Å²) in [5.41, 5.74) is 0. The molecule has 1 aliphatic carbocycles. The summed E-state index contributed by atoms with van der Waals surface area (Å²) in [6.45, 7) is 4.42. The molecule has 0 spiro atoms. The average Bonchev–Trinajstić information content (AvgIpc) is 1.85. The first kappa shape index (κ1) is 8.02. The minimum Gasteiger partial charge on any atom is -0.395 e. The van der Waals surface area contributed by atoms with Crippen molar-refractivity contribution in [1.82, 2.24) is 5.32 Å². The van der Waals surface area contributed by atoms with E-state index in [9.17, 15) is 0 Å². The van der Waals surface area contributed by atoms with Crippen LogP contribution in [0.5, 0.6) is 0 Å². The highest BCUT2D eigenvalue weighted by Crippen LogP contribution is 2.31. The van der Waals surface area contributed by atoms with Gasteiger partial charge in [0.05, 0.1) is 6.61 Å². The van der Waals surface area contributed by atoms with Gasteiger partial charge in [-0.25, -0.2) is 0 Å². The van der Waals surface area contributed by atoms with E-state index in [0.29, 0.717) is 0 Å². The van der Waals surface area contributed by atoms with Crippen molar-refractivity contribution in [3.05, 3.63) is 0 Å². The average molecular weight is 143 g/mol. The Kier molecular flexibility index (Phi) is 3.16. The van der Waals surface area contributed by atoms with Crippen molar-refractivity contribution >= 4 is 0 Å². The third-order valence-electron chi connectivity index (χ3n) is 2.19. The van der Waals surface area contributed by atoms with Gasteiger partial charge in [-0.3, -0.25) is 0 Å². The topological polar surface area (TPSA) is 32.3 Å². The number of aliphatic hydroxyl groups excluding tert-OH is 1. The smallest absolute Gasteiger partial charge is 0.0555 e. The third kappa shape index (κ3) is 2.27. The van der Waals surface area contributed by atoms with Gasteiger partial charge < -0.3 is 10.4 Å². The van der Waals surface area contributed by atoms with E-state index in [2.05, 4.69) is 12.2 Å². The molecule has 0 aromatic heterocycles. The van der Waals surface area contributed by atoms with Gasteiger partial charge >= 0.3 is 0 Å². The van der Waals surface area contributed by atoms with Crippen molar-refractivity contribution < 1.29 is 5.11 Å². The van der Waals surface area contributed by atoms with Gasteiger partial charge in [0, 0.05) is 6.54 Å². The zero-order valence-corrected chi connectivity index (χ0v) is 6.64. The molecule has 1 saturated carbocycles. The summed E-state index contributed by atoms with van der Waals surface area (Å²) in [5.74, 6) is 1.84. The van der Waals surface area contributed by atoms with Gasteiger partial charge in [0.15, 0.2) is 0 Å². The minimum absolute atomic E-state index is 0.266. The van der Waals surface area contributed by atoms with Gasteiger partial charge in [0.2, 0.25) is 0 Å². The normalized spacial score (nSPS) is 31.8. The van der Waals surface area contributed by atoms with Crippen LogP contribution in [0, 0.1) is 11.8 Å². The predicted molar refractivity (Wildman–Crippen MR) is 41.8 cm³/mol. The number of aliphatic hydroxyl groups is 1. The van der Waals surface area contributed by atoms with Crippen molar-refractivity contribution in [1.29, 1.82) is 0 Å². The van der Waals surface area contributed by atoms with E-state index in [1.807, 2.05) is 0 Å². The highest BCUT2D eigenvalue weighted by atomic mass is 16.3. The van der Waals surface area contributed by atoms with Crippen LogP contribution in [0.3, 0.4) is 0 Å². The second kappa shape index (κ2) is 3.94. The maximum Gasteiger partial charge on any atom is 0.0555 e. The van der Waals surface area contributed by atoms with Crippen LogP contribution in [-0.2, 0) is 0 Å². The lowest BCUT2D eigenvalue weighted by Gasteiger charge is -2.32. The number of rotatable bonds is 4. The zero-order chi connectivity index (χ0) is 7.40. The van der Waals surface area contributed by atoms with E-state index in [4.69, 9.17) is 5.11 Å². The van der Waals surface area contributed by atoms with Crippen LogP contribution in [0.1, 0.15) is 19.8 Å². The Hall–Kier alpha value is -0.0800. The summed E-state index contributed by atoms with van der Waals surface area (Å²) in [6.07, 6.45) is 2.75. The highest BCUT2D eigenvalue weighted by molar-refractivity contribution is 4.77. The van der Waals surface area contributed by atoms with Crippen molar-refractivity contribution in [2.45, 2.75) is 19.8 Å². The number of hydrogen-bond donors (Lipinski definition) is 2. The maximum absolute atomic E-state index is 8.46. The Morgan fingerprint density at radius 2 is 2.20 bits per heavy atom. The largest absolute Gasteiger partial charge is 0.395 e. The fraction of sp³-hybridized carbons (Fsp3) is 1.00. The van der Waals surface area contributed by atoms with Gasteiger partial charge in [0.1, 0.15) is 0 Å². The first-order valence-corrected chi connectivity index (χ1v) is 4.14. The van der Waals surface area contributed by atoms with Crippen molar-refractivity contribution in [2.75, 3.05) is 19.7 Å². The first-order chi connectivity index (χ1) is 4.83. The third-order valence-corrected chi connectivity index (χ3v) is 2.19. The Balaban J connectivity index is 1.86. The molecule has 0 bridgehead atoms. The second-order valence-corrected chi connectivity index (χ2v) is 3.37. The highest BCUT2D eigenvalue weighted by Gasteiger charge is 2.24. The molecule has 0 heterocycles. The van der Waals surface area contributed by atoms with E-state index in [-0.39, 0.29) is 6.61 Å². The quantitative estimate of drug-likeness (QED) is 0.565. The molecule has 2 nitrogen and oxygen atoms in total. The molecule has 10 heavy (non-hydrogen) atoms. The molecule has 0 aliphatic heterocycles. The van der Waals surface area contributed by atoms with E-state index in [0.717, 1.165) is 24.9 Å². The van der Waals surface area contributed by atoms with Gasteiger partial charge in [-0.1, -0.05) is 6.92 Å². The lowest BCUT2D eigenvalue weighted by atomic mass is 9.76. The summed E-state index contributed by atoms with van der Waals surface area (Å²) in [6, 6.07) is 0. The van der Waals surface area contributed by atoms with Crippen LogP contribution in [0.25, 0.3) is 0 Å². The van der Waals surface area contributed by atoms with Gasteiger partial charge in [-0.15, -0.1) is 0 Å². The Morgan fingerprint density at radius 1 is 1.50 bits per heavy atom. The Morgan fingerprint density at radius 3 is 2.70 bits per heavy atom. The molecule has 0 atom stereocenters. The zero-order valence-electron chi connectivity index (χ0n) is 6.64. The molecule has 0 radical (unpaired) electrons. The van der Waals surface area contributed by atoms with Gasteiger partial charge in [-0.2, -0.15) is 0 Å². The Bertz CT molecular complexity index is 89.3. The lowest BCUT2D eigenvalue weighted by molar-refractivity contribution is 0.200. The molecule has 1 fully saturated rings. The van der Waals surface area contributed by atoms with Crippen LogP contribution in [0.15, 0.2) is 0 Å². The molecule has 60 valence electrons. The molecule has 1 aliphatic rings. The maximum atomic E-state index is 8.46. The molecular formula is C8H17NO. The van der Waals surface area contributed by atoms with E-state index in [1.54, 1.807) is 0 Å². The molecule has 0 unspecified atom stereocenters. The van der Waals surface area contributed by atoms with Crippen molar-refractivity contribution in [2.24, 2.45) is 11.8 Å². The second-order valence-electron chi connectivity index (χ2n) is 3.37. The fourth-order valence-corrected chi connectivity index (χ4v) is 1.62. The van der Waals surface area contributed by atoms with Crippen molar-refractivity contribution in [3.8, 4) is 0 Å². The number of hydrogen-bond acceptors (Lipinski definition) is 2. The molecule has 2 N–H and O–H groups in total. The predicted octanol–water partition coefficient (Wildman–Crippen LogP) is 0.614. The van der Waals surface area contributed by atoms with Gasteiger partial charge in [-0.05, 0) is 31.2 Å². The molecule has 1 rings (SSSR count). The minimum atomic E-state index is 0.266. The summed E-state index contributed by atoms with van der Waals surface area (Å²) < 4.78 is 0. The van der Waals surface area contributed by atoms with E-state index in [1.165, 1.54) is 12.8 Å².